The predicted octanol–water partition coefficient (Wildman–Crippen LogP) is 2.95. The number of nitrogens with one attached hydrogen (secondary N) is 2. The van der Waals surface area contributed by atoms with Gasteiger partial charge in [0.05, 0.1) is 17.3 Å². The fourth-order valence-corrected chi connectivity index (χ4v) is 2.57. The zero-order valence-electron chi connectivity index (χ0n) is 12.2. The number of rotatable bonds is 4. The van der Waals surface area contributed by atoms with Crippen molar-refractivity contribution in [2.45, 2.75) is 51.1 Å². The molecule has 4 nitrogen and oxygen atoms in total. The summed E-state index contributed by atoms with van der Waals surface area (Å²) >= 11 is 0. The Labute approximate surface area is 124 Å². The van der Waals surface area contributed by atoms with Gasteiger partial charge in [-0.1, -0.05) is 19.3 Å². The van der Waals surface area contributed by atoms with E-state index < -0.39 is 11.9 Å². The van der Waals surface area contributed by atoms with Gasteiger partial charge in [0.2, 0.25) is 5.91 Å². The highest BCUT2D eigenvalue weighted by Gasteiger charge is 2.20. The monoisotopic (exact) mass is 289 g/mol. The van der Waals surface area contributed by atoms with Gasteiger partial charge in [-0.2, -0.15) is 5.26 Å². The lowest BCUT2D eigenvalue weighted by Crippen LogP contribution is -2.44. The second-order valence-electron chi connectivity index (χ2n) is 5.52. The maximum Gasteiger partial charge on any atom is 0.242 e. The SMILES string of the molecule is CC(Nc1ccc(C#N)cc1F)C(=O)NC1CCCCC1. The van der Waals surface area contributed by atoms with E-state index in [2.05, 4.69) is 10.6 Å². The summed E-state index contributed by atoms with van der Waals surface area (Å²) in [6.07, 6.45) is 5.57. The van der Waals surface area contributed by atoms with Crippen molar-refractivity contribution in [3.8, 4) is 6.07 Å². The molecule has 1 aromatic rings. The zero-order chi connectivity index (χ0) is 15.2. The highest BCUT2D eigenvalue weighted by molar-refractivity contribution is 5.84. The van der Waals surface area contributed by atoms with E-state index in [1.165, 1.54) is 18.6 Å². The Morgan fingerprint density at radius 2 is 2.10 bits per heavy atom. The highest BCUT2D eigenvalue weighted by atomic mass is 19.1. The van der Waals surface area contributed by atoms with Crippen molar-refractivity contribution in [1.29, 1.82) is 5.26 Å². The number of nitriles is 1. The second kappa shape index (κ2) is 7.07. The smallest absolute Gasteiger partial charge is 0.242 e. The molecule has 0 bridgehead atoms. The average molecular weight is 289 g/mol. The van der Waals surface area contributed by atoms with Crippen LogP contribution >= 0.6 is 0 Å². The normalized spacial score (nSPS) is 16.8. The van der Waals surface area contributed by atoms with Gasteiger partial charge in [0.1, 0.15) is 11.9 Å². The molecule has 1 amide bonds. The Bertz CT molecular complexity index is 547. The van der Waals surface area contributed by atoms with Crippen molar-refractivity contribution in [3.05, 3.63) is 29.6 Å². The molecule has 1 fully saturated rings. The Morgan fingerprint density at radius 3 is 2.71 bits per heavy atom. The van der Waals surface area contributed by atoms with Gasteiger partial charge in [0.15, 0.2) is 0 Å². The Morgan fingerprint density at radius 1 is 1.38 bits per heavy atom. The Balaban J connectivity index is 1.92. The summed E-state index contributed by atoms with van der Waals surface area (Å²) in [6, 6.07) is 5.77. The van der Waals surface area contributed by atoms with Gasteiger partial charge in [-0.3, -0.25) is 4.79 Å². The van der Waals surface area contributed by atoms with E-state index in [0.717, 1.165) is 31.7 Å². The first kappa shape index (κ1) is 15.3. The van der Waals surface area contributed by atoms with E-state index in [1.54, 1.807) is 6.92 Å². The second-order valence-corrected chi connectivity index (χ2v) is 5.52. The van der Waals surface area contributed by atoms with Crippen molar-refractivity contribution >= 4 is 11.6 Å². The molecule has 1 unspecified atom stereocenters. The molecule has 2 rings (SSSR count). The molecule has 0 spiro atoms. The molecule has 0 heterocycles. The lowest BCUT2D eigenvalue weighted by Gasteiger charge is -2.25. The number of hydrogen-bond donors (Lipinski definition) is 2. The van der Waals surface area contributed by atoms with Gasteiger partial charge in [-0.15, -0.1) is 0 Å². The van der Waals surface area contributed by atoms with E-state index in [-0.39, 0.29) is 23.2 Å². The summed E-state index contributed by atoms with van der Waals surface area (Å²) in [5.74, 6) is -0.642. The highest BCUT2D eigenvalue weighted by Crippen LogP contribution is 2.19. The van der Waals surface area contributed by atoms with Gasteiger partial charge in [-0.25, -0.2) is 4.39 Å². The van der Waals surface area contributed by atoms with Gasteiger partial charge in [-0.05, 0) is 38.0 Å². The summed E-state index contributed by atoms with van der Waals surface area (Å²) in [5.41, 5.74) is 0.498. The number of benzene rings is 1. The van der Waals surface area contributed by atoms with Crippen LogP contribution in [0.25, 0.3) is 0 Å². The van der Waals surface area contributed by atoms with E-state index in [0.29, 0.717) is 0 Å². The van der Waals surface area contributed by atoms with Crippen molar-refractivity contribution in [2.24, 2.45) is 0 Å². The standard InChI is InChI=1S/C16H20FN3O/c1-11(16(21)20-13-5-3-2-4-6-13)19-15-8-7-12(10-18)9-14(15)17/h7-9,11,13,19H,2-6H2,1H3,(H,20,21). The number of amides is 1. The van der Waals surface area contributed by atoms with Crippen LogP contribution in [-0.4, -0.2) is 18.0 Å². The zero-order valence-corrected chi connectivity index (χ0v) is 12.2. The molecule has 1 atom stereocenters. The minimum absolute atomic E-state index is 0.120. The summed E-state index contributed by atoms with van der Waals surface area (Å²) in [7, 11) is 0. The first-order valence-electron chi connectivity index (χ1n) is 7.36. The van der Waals surface area contributed by atoms with Crippen LogP contribution in [0.2, 0.25) is 0 Å². The topological polar surface area (TPSA) is 64.9 Å². The quantitative estimate of drug-likeness (QED) is 0.895. The van der Waals surface area contributed by atoms with Crippen LogP contribution in [0, 0.1) is 17.1 Å². The molecule has 0 radical (unpaired) electrons. The van der Waals surface area contributed by atoms with E-state index in [1.807, 2.05) is 6.07 Å². The van der Waals surface area contributed by atoms with E-state index in [9.17, 15) is 9.18 Å². The van der Waals surface area contributed by atoms with Crippen molar-refractivity contribution in [2.75, 3.05) is 5.32 Å². The molecule has 21 heavy (non-hydrogen) atoms. The third-order valence-corrected chi connectivity index (χ3v) is 3.82. The molecule has 0 aliphatic heterocycles. The number of carbonyl (C=O) groups is 1. The van der Waals surface area contributed by atoms with Crippen molar-refractivity contribution in [1.82, 2.24) is 5.32 Å². The van der Waals surface area contributed by atoms with Gasteiger partial charge >= 0.3 is 0 Å². The summed E-state index contributed by atoms with van der Waals surface area (Å²) in [4.78, 5) is 12.1. The van der Waals surface area contributed by atoms with E-state index in [4.69, 9.17) is 5.26 Å². The maximum absolute atomic E-state index is 13.8. The van der Waals surface area contributed by atoms with Crippen LogP contribution in [0.15, 0.2) is 18.2 Å². The number of anilines is 1. The van der Waals surface area contributed by atoms with Gasteiger partial charge in [0, 0.05) is 6.04 Å². The number of carbonyl (C=O) groups excluding carboxylic acids is 1. The molecule has 1 aromatic carbocycles. The average Bonchev–Trinajstić information content (AvgIpc) is 2.50. The van der Waals surface area contributed by atoms with Crippen LogP contribution in [0.5, 0.6) is 0 Å². The maximum atomic E-state index is 13.8. The lowest BCUT2D eigenvalue weighted by atomic mass is 9.95. The minimum atomic E-state index is -0.522. The number of hydrogen-bond acceptors (Lipinski definition) is 3. The Hall–Kier alpha value is -2.09. The first-order valence-corrected chi connectivity index (χ1v) is 7.36. The predicted molar refractivity (Wildman–Crippen MR) is 79.2 cm³/mol. The third-order valence-electron chi connectivity index (χ3n) is 3.82. The fourth-order valence-electron chi connectivity index (χ4n) is 2.57. The number of halogens is 1. The molecular weight excluding hydrogens is 269 g/mol. The Kier molecular flexibility index (Phi) is 5.15. The first-order chi connectivity index (χ1) is 10.1. The van der Waals surface area contributed by atoms with Crippen molar-refractivity contribution < 1.29 is 9.18 Å². The molecule has 1 aliphatic rings. The third kappa shape index (κ3) is 4.19. The van der Waals surface area contributed by atoms with Crippen LogP contribution < -0.4 is 10.6 Å². The summed E-state index contributed by atoms with van der Waals surface area (Å²) in [5, 5.41) is 14.6. The van der Waals surface area contributed by atoms with E-state index >= 15 is 0 Å². The van der Waals surface area contributed by atoms with Crippen LogP contribution in [0.3, 0.4) is 0 Å². The summed E-state index contributed by atoms with van der Waals surface area (Å²) in [6.45, 7) is 1.70. The molecule has 1 aliphatic carbocycles. The minimum Gasteiger partial charge on any atom is -0.372 e. The lowest BCUT2D eigenvalue weighted by molar-refractivity contribution is -0.122. The summed E-state index contributed by atoms with van der Waals surface area (Å²) < 4.78 is 13.8. The fraction of sp³-hybridized carbons (Fsp3) is 0.500. The largest absolute Gasteiger partial charge is 0.372 e. The molecular formula is C16H20FN3O. The molecule has 0 saturated heterocycles. The van der Waals surface area contributed by atoms with Crippen molar-refractivity contribution in [3.63, 3.8) is 0 Å². The van der Waals surface area contributed by atoms with Crippen LogP contribution in [0.1, 0.15) is 44.6 Å². The van der Waals surface area contributed by atoms with Gasteiger partial charge < -0.3 is 10.6 Å². The molecule has 1 saturated carbocycles. The number of nitrogens with zero attached hydrogens (tertiary/aromatic N) is 1. The molecule has 5 heteroatoms. The van der Waals surface area contributed by atoms with Gasteiger partial charge in [0.25, 0.3) is 0 Å². The molecule has 0 aromatic heterocycles. The molecule has 112 valence electrons. The van der Waals surface area contributed by atoms with Crippen LogP contribution in [-0.2, 0) is 4.79 Å². The molecule has 2 N–H and O–H groups in total. The van der Waals surface area contributed by atoms with Crippen LogP contribution in [0.4, 0.5) is 10.1 Å².